The molecule has 0 saturated carbocycles. The van der Waals surface area contributed by atoms with Crippen molar-refractivity contribution in [3.05, 3.63) is 57.3 Å². The molecule has 1 rings (SSSR count). The first kappa shape index (κ1) is 21.5. The standard InChI is InChI=1S/C10H16.C6H3Cl3N2O2/c1-5-10(4)8-6-7-9(2)3;7-1-3(10)2(8)5(9)11-4(1)6(12)13/h5,7H,1,4,6,8H2,2-3H3;(H2,10,11)(H,12,13). The summed E-state index contributed by atoms with van der Waals surface area (Å²) in [7, 11) is 0. The van der Waals surface area contributed by atoms with Crippen LogP contribution in [-0.2, 0) is 0 Å². The first-order valence-corrected chi connectivity index (χ1v) is 7.72. The summed E-state index contributed by atoms with van der Waals surface area (Å²) in [5.74, 6) is -1.31. The summed E-state index contributed by atoms with van der Waals surface area (Å²) in [6.07, 6.45) is 6.16. The molecule has 1 aromatic rings. The van der Waals surface area contributed by atoms with Gasteiger partial charge in [-0.25, -0.2) is 9.78 Å². The third-order valence-electron chi connectivity index (χ3n) is 2.58. The van der Waals surface area contributed by atoms with Crippen molar-refractivity contribution in [3.8, 4) is 0 Å². The van der Waals surface area contributed by atoms with Crippen molar-refractivity contribution in [1.29, 1.82) is 0 Å². The number of hydrogen-bond donors (Lipinski definition) is 2. The van der Waals surface area contributed by atoms with Crippen molar-refractivity contribution in [1.82, 2.24) is 4.98 Å². The van der Waals surface area contributed by atoms with Crippen molar-refractivity contribution < 1.29 is 9.90 Å². The van der Waals surface area contributed by atoms with Crippen LogP contribution in [0.1, 0.15) is 37.2 Å². The summed E-state index contributed by atoms with van der Waals surface area (Å²) in [6, 6.07) is 0. The van der Waals surface area contributed by atoms with Crippen LogP contribution in [0, 0.1) is 0 Å². The van der Waals surface area contributed by atoms with E-state index in [0.29, 0.717) is 0 Å². The number of aromatic nitrogens is 1. The fourth-order valence-electron chi connectivity index (χ4n) is 1.32. The molecule has 0 fully saturated rings. The number of anilines is 1. The number of rotatable bonds is 5. The van der Waals surface area contributed by atoms with Gasteiger partial charge in [0.15, 0.2) is 10.8 Å². The van der Waals surface area contributed by atoms with Crippen LogP contribution in [-0.4, -0.2) is 16.1 Å². The molecule has 7 heteroatoms. The van der Waals surface area contributed by atoms with Gasteiger partial charge in [-0.05, 0) is 26.7 Å². The molecule has 0 aliphatic heterocycles. The molecule has 23 heavy (non-hydrogen) atoms. The lowest BCUT2D eigenvalue weighted by Crippen LogP contribution is -2.04. The number of aromatic carboxylic acids is 1. The Bertz CT molecular complexity index is 637. The van der Waals surface area contributed by atoms with Gasteiger partial charge in [0.1, 0.15) is 5.02 Å². The van der Waals surface area contributed by atoms with Gasteiger partial charge in [0.2, 0.25) is 0 Å². The van der Waals surface area contributed by atoms with Crippen LogP contribution < -0.4 is 5.73 Å². The van der Waals surface area contributed by atoms with E-state index in [2.05, 4.69) is 38.1 Å². The van der Waals surface area contributed by atoms with E-state index in [1.54, 1.807) is 0 Å². The Hall–Kier alpha value is -1.49. The van der Waals surface area contributed by atoms with Gasteiger partial charge in [-0.15, -0.1) is 0 Å². The van der Waals surface area contributed by atoms with Crippen LogP contribution in [0.15, 0.2) is 36.5 Å². The molecule has 3 N–H and O–H groups in total. The number of halogens is 3. The molecule has 0 spiro atoms. The van der Waals surface area contributed by atoms with E-state index < -0.39 is 11.7 Å². The maximum Gasteiger partial charge on any atom is 0.356 e. The van der Waals surface area contributed by atoms with Gasteiger partial charge in [-0.2, -0.15) is 0 Å². The Kier molecular flexibility index (Phi) is 9.65. The van der Waals surface area contributed by atoms with Gasteiger partial charge in [0.25, 0.3) is 0 Å². The zero-order valence-corrected chi connectivity index (χ0v) is 15.3. The van der Waals surface area contributed by atoms with Gasteiger partial charge in [0.05, 0.1) is 10.7 Å². The van der Waals surface area contributed by atoms with E-state index in [9.17, 15) is 4.79 Å². The summed E-state index contributed by atoms with van der Waals surface area (Å²) >= 11 is 16.6. The summed E-state index contributed by atoms with van der Waals surface area (Å²) in [4.78, 5) is 14.0. The van der Waals surface area contributed by atoms with E-state index >= 15 is 0 Å². The summed E-state index contributed by atoms with van der Waals surface area (Å²) < 4.78 is 0. The normalized spacial score (nSPS) is 9.43. The predicted molar refractivity (Wildman–Crippen MR) is 98.6 cm³/mol. The van der Waals surface area contributed by atoms with Crippen molar-refractivity contribution in [2.24, 2.45) is 0 Å². The molecular weight excluding hydrogens is 359 g/mol. The number of allylic oxidation sites excluding steroid dienone is 4. The molecular formula is C16H19Cl3N2O2. The van der Waals surface area contributed by atoms with E-state index in [4.69, 9.17) is 45.6 Å². The highest BCUT2D eigenvalue weighted by Crippen LogP contribution is 2.34. The molecule has 0 radical (unpaired) electrons. The molecule has 1 heterocycles. The van der Waals surface area contributed by atoms with Crippen molar-refractivity contribution in [2.75, 3.05) is 5.73 Å². The van der Waals surface area contributed by atoms with Crippen LogP contribution in [0.5, 0.6) is 0 Å². The first-order valence-electron chi connectivity index (χ1n) is 6.58. The highest BCUT2D eigenvalue weighted by atomic mass is 35.5. The SMILES string of the molecule is C=CC(=C)CCC=C(C)C.Nc1c(Cl)c(Cl)nc(C(=O)O)c1Cl. The van der Waals surface area contributed by atoms with Crippen molar-refractivity contribution in [2.45, 2.75) is 26.7 Å². The van der Waals surface area contributed by atoms with E-state index in [1.807, 2.05) is 6.08 Å². The molecule has 0 aliphatic carbocycles. The Morgan fingerprint density at radius 1 is 1.30 bits per heavy atom. The fourth-order valence-corrected chi connectivity index (χ4v) is 1.91. The Balaban J connectivity index is 0.000000438. The number of nitrogens with two attached hydrogens (primary N) is 1. The molecule has 0 bridgehead atoms. The number of nitrogens with zero attached hydrogens (tertiary/aromatic N) is 1. The number of carboxylic acid groups (broad SMARTS) is 1. The highest BCUT2D eigenvalue weighted by Gasteiger charge is 2.18. The largest absolute Gasteiger partial charge is 0.476 e. The third-order valence-corrected chi connectivity index (χ3v) is 3.72. The molecule has 0 aromatic carbocycles. The number of pyridine rings is 1. The second-order valence-corrected chi connectivity index (χ2v) is 5.89. The molecule has 0 saturated heterocycles. The second kappa shape index (κ2) is 10.3. The summed E-state index contributed by atoms with van der Waals surface area (Å²) in [5.41, 5.74) is 7.37. The lowest BCUT2D eigenvalue weighted by atomic mass is 10.1. The van der Waals surface area contributed by atoms with Crippen LogP contribution >= 0.6 is 34.8 Å². The zero-order chi connectivity index (χ0) is 18.2. The molecule has 0 aliphatic rings. The lowest BCUT2D eigenvalue weighted by molar-refractivity contribution is 0.0691. The van der Waals surface area contributed by atoms with E-state index in [-0.39, 0.29) is 20.9 Å². The van der Waals surface area contributed by atoms with Gasteiger partial charge in [-0.1, -0.05) is 71.3 Å². The van der Waals surface area contributed by atoms with E-state index in [0.717, 1.165) is 18.4 Å². The minimum Gasteiger partial charge on any atom is -0.476 e. The summed E-state index contributed by atoms with van der Waals surface area (Å²) in [6.45, 7) is 11.7. The Labute approximate surface area is 151 Å². The van der Waals surface area contributed by atoms with Crippen LogP contribution in [0.3, 0.4) is 0 Å². The van der Waals surface area contributed by atoms with Crippen LogP contribution in [0.25, 0.3) is 0 Å². The lowest BCUT2D eigenvalue weighted by Gasteiger charge is -2.04. The quantitative estimate of drug-likeness (QED) is 0.386. The minimum absolute atomic E-state index is 0.0448. The van der Waals surface area contributed by atoms with Crippen LogP contribution in [0.4, 0.5) is 5.69 Å². The van der Waals surface area contributed by atoms with Crippen molar-refractivity contribution >= 4 is 46.5 Å². The predicted octanol–water partition coefficient (Wildman–Crippen LogP) is 5.80. The molecule has 4 nitrogen and oxygen atoms in total. The Morgan fingerprint density at radius 2 is 1.87 bits per heavy atom. The molecule has 1 aromatic heterocycles. The molecule has 0 atom stereocenters. The third kappa shape index (κ3) is 7.55. The van der Waals surface area contributed by atoms with Gasteiger partial charge in [-0.3, -0.25) is 0 Å². The monoisotopic (exact) mass is 376 g/mol. The minimum atomic E-state index is -1.31. The van der Waals surface area contributed by atoms with Crippen molar-refractivity contribution in [3.63, 3.8) is 0 Å². The van der Waals surface area contributed by atoms with Gasteiger partial charge in [0, 0.05) is 0 Å². The van der Waals surface area contributed by atoms with E-state index in [1.165, 1.54) is 5.57 Å². The topological polar surface area (TPSA) is 76.2 Å². The molecule has 0 amide bonds. The highest BCUT2D eigenvalue weighted by molar-refractivity contribution is 6.46. The first-order chi connectivity index (χ1) is 10.6. The number of carbonyl (C=O) groups is 1. The maximum atomic E-state index is 10.5. The summed E-state index contributed by atoms with van der Waals surface area (Å²) in [5, 5.41) is 8.17. The number of carboxylic acids is 1. The maximum absolute atomic E-state index is 10.5. The van der Waals surface area contributed by atoms with Gasteiger partial charge >= 0.3 is 5.97 Å². The number of nitrogen functional groups attached to an aromatic ring is 1. The van der Waals surface area contributed by atoms with Crippen LogP contribution in [0.2, 0.25) is 15.2 Å². The number of hydrogen-bond acceptors (Lipinski definition) is 3. The molecule has 0 unspecified atom stereocenters. The molecule has 126 valence electrons. The smallest absolute Gasteiger partial charge is 0.356 e. The average molecular weight is 378 g/mol. The zero-order valence-electron chi connectivity index (χ0n) is 13.0. The Morgan fingerprint density at radius 3 is 2.30 bits per heavy atom. The second-order valence-electron chi connectivity index (χ2n) is 4.78. The fraction of sp³-hybridized carbons (Fsp3) is 0.250. The van der Waals surface area contributed by atoms with Gasteiger partial charge < -0.3 is 10.8 Å². The average Bonchev–Trinajstić information content (AvgIpc) is 2.48.